The molecule has 1 heterocycles. The van der Waals surface area contributed by atoms with E-state index in [1.165, 1.54) is 0 Å². The molecule has 15 heavy (non-hydrogen) atoms. The van der Waals surface area contributed by atoms with Gasteiger partial charge in [0.25, 0.3) is 0 Å². The summed E-state index contributed by atoms with van der Waals surface area (Å²) < 4.78 is 11.4. The first-order valence-corrected chi connectivity index (χ1v) is 5.52. The first-order chi connectivity index (χ1) is 7.25. The van der Waals surface area contributed by atoms with E-state index in [1.54, 1.807) is 18.6 Å². The molecular weight excluding hydrogens is 279 g/mol. The minimum atomic E-state index is 0.451. The number of benzene rings is 1. The monoisotopic (exact) mass is 286 g/mol. The zero-order chi connectivity index (χ0) is 10.7. The normalized spacial score (nSPS) is 10.3. The fourth-order valence-corrected chi connectivity index (χ4v) is 1.64. The molecule has 2 nitrogen and oxygen atoms in total. The number of hydrogen-bond donors (Lipinski definition) is 0. The van der Waals surface area contributed by atoms with E-state index >= 15 is 0 Å². The van der Waals surface area contributed by atoms with Crippen molar-refractivity contribution in [3.63, 3.8) is 0 Å². The third-order valence-electron chi connectivity index (χ3n) is 1.87. The smallest absolute Gasteiger partial charge is 0.139 e. The van der Waals surface area contributed by atoms with Crippen molar-refractivity contribution in [3.05, 3.63) is 51.9 Å². The van der Waals surface area contributed by atoms with Gasteiger partial charge in [-0.05, 0) is 24.3 Å². The van der Waals surface area contributed by atoms with E-state index in [2.05, 4.69) is 15.9 Å². The van der Waals surface area contributed by atoms with Crippen LogP contribution in [0, 0.1) is 0 Å². The summed E-state index contributed by atoms with van der Waals surface area (Å²) in [5.41, 5.74) is 0.978. The minimum absolute atomic E-state index is 0.451. The van der Waals surface area contributed by atoms with Crippen LogP contribution in [0.5, 0.6) is 5.75 Å². The molecule has 0 aliphatic rings. The molecule has 1 aromatic carbocycles. The lowest BCUT2D eigenvalue weighted by Gasteiger charge is -2.06. The highest BCUT2D eigenvalue weighted by Gasteiger charge is 2.03. The Kier molecular flexibility index (Phi) is 3.34. The van der Waals surface area contributed by atoms with Gasteiger partial charge in [-0.2, -0.15) is 0 Å². The topological polar surface area (TPSA) is 22.4 Å². The molecule has 0 N–H and O–H groups in total. The van der Waals surface area contributed by atoms with Gasteiger partial charge in [0.05, 0.1) is 17.5 Å². The van der Waals surface area contributed by atoms with Gasteiger partial charge < -0.3 is 9.15 Å². The Bertz CT molecular complexity index is 440. The second kappa shape index (κ2) is 4.73. The van der Waals surface area contributed by atoms with Crippen molar-refractivity contribution >= 4 is 27.5 Å². The molecule has 0 fully saturated rings. The largest absolute Gasteiger partial charge is 0.487 e. The average molecular weight is 288 g/mol. The summed E-state index contributed by atoms with van der Waals surface area (Å²) in [6.45, 7) is 0.451. The molecule has 0 saturated carbocycles. The van der Waals surface area contributed by atoms with Crippen molar-refractivity contribution in [3.8, 4) is 5.75 Å². The molecular formula is C11H8BrClO2. The van der Waals surface area contributed by atoms with Crippen LogP contribution in [-0.4, -0.2) is 0 Å². The van der Waals surface area contributed by atoms with Gasteiger partial charge in [-0.15, -0.1) is 0 Å². The van der Waals surface area contributed by atoms with Crippen molar-refractivity contribution in [2.24, 2.45) is 0 Å². The summed E-state index contributed by atoms with van der Waals surface area (Å²) in [6, 6.07) is 7.34. The van der Waals surface area contributed by atoms with E-state index in [0.29, 0.717) is 17.4 Å². The Hall–Kier alpha value is -0.930. The molecule has 0 aliphatic heterocycles. The first kappa shape index (κ1) is 10.6. The minimum Gasteiger partial charge on any atom is -0.487 e. The van der Waals surface area contributed by atoms with E-state index in [1.807, 2.05) is 18.2 Å². The summed E-state index contributed by atoms with van der Waals surface area (Å²) in [5, 5.41) is 0.599. The van der Waals surface area contributed by atoms with Gasteiger partial charge in [-0.3, -0.25) is 0 Å². The van der Waals surface area contributed by atoms with E-state index < -0.39 is 0 Å². The Labute approximate surface area is 101 Å². The van der Waals surface area contributed by atoms with Gasteiger partial charge in [0.1, 0.15) is 12.4 Å². The van der Waals surface area contributed by atoms with Crippen LogP contribution in [0.2, 0.25) is 5.02 Å². The van der Waals surface area contributed by atoms with E-state index in [4.69, 9.17) is 20.8 Å². The van der Waals surface area contributed by atoms with Crippen LogP contribution in [0.25, 0.3) is 0 Å². The van der Waals surface area contributed by atoms with Crippen molar-refractivity contribution in [2.75, 3.05) is 0 Å². The number of furan rings is 1. The van der Waals surface area contributed by atoms with Gasteiger partial charge in [0.15, 0.2) is 0 Å². The van der Waals surface area contributed by atoms with Crippen molar-refractivity contribution < 1.29 is 9.15 Å². The van der Waals surface area contributed by atoms with E-state index in [9.17, 15) is 0 Å². The van der Waals surface area contributed by atoms with Crippen LogP contribution in [-0.2, 0) is 6.61 Å². The summed E-state index contributed by atoms with van der Waals surface area (Å²) in [6.07, 6.45) is 3.26. The lowest BCUT2D eigenvalue weighted by Crippen LogP contribution is -1.94. The number of hydrogen-bond acceptors (Lipinski definition) is 2. The molecule has 1 aromatic heterocycles. The van der Waals surface area contributed by atoms with Crippen LogP contribution in [0.4, 0.5) is 0 Å². The van der Waals surface area contributed by atoms with Crippen LogP contribution in [0.1, 0.15) is 5.56 Å². The Morgan fingerprint density at radius 3 is 2.93 bits per heavy atom. The fourth-order valence-electron chi connectivity index (χ4n) is 1.12. The Balaban J connectivity index is 2.07. The molecule has 0 atom stereocenters. The number of rotatable bonds is 3. The molecule has 2 aromatic rings. The van der Waals surface area contributed by atoms with Crippen LogP contribution in [0.3, 0.4) is 0 Å². The predicted molar refractivity (Wildman–Crippen MR) is 62.2 cm³/mol. The van der Waals surface area contributed by atoms with E-state index in [0.717, 1.165) is 10.0 Å². The molecule has 78 valence electrons. The molecule has 0 aliphatic carbocycles. The van der Waals surface area contributed by atoms with E-state index in [-0.39, 0.29) is 0 Å². The molecule has 0 bridgehead atoms. The highest BCUT2D eigenvalue weighted by molar-refractivity contribution is 9.10. The Morgan fingerprint density at radius 1 is 1.33 bits per heavy atom. The number of halogens is 2. The molecule has 2 rings (SSSR count). The third-order valence-corrected chi connectivity index (χ3v) is 2.67. The first-order valence-electron chi connectivity index (χ1n) is 4.34. The summed E-state index contributed by atoms with van der Waals surface area (Å²) in [7, 11) is 0. The van der Waals surface area contributed by atoms with Gasteiger partial charge in [-0.25, -0.2) is 0 Å². The van der Waals surface area contributed by atoms with Crippen molar-refractivity contribution in [2.45, 2.75) is 6.61 Å². The van der Waals surface area contributed by atoms with Crippen molar-refractivity contribution in [1.29, 1.82) is 0 Å². The second-order valence-electron chi connectivity index (χ2n) is 3.00. The highest BCUT2D eigenvalue weighted by atomic mass is 79.9. The number of ether oxygens (including phenoxy) is 1. The second-order valence-corrected chi connectivity index (χ2v) is 4.32. The average Bonchev–Trinajstić information content (AvgIpc) is 2.72. The maximum atomic E-state index is 5.97. The quantitative estimate of drug-likeness (QED) is 0.841. The van der Waals surface area contributed by atoms with Crippen molar-refractivity contribution in [1.82, 2.24) is 0 Å². The zero-order valence-electron chi connectivity index (χ0n) is 7.74. The highest BCUT2D eigenvalue weighted by Crippen LogP contribution is 2.28. The maximum Gasteiger partial charge on any atom is 0.139 e. The standard InChI is InChI=1S/C11H8BrClO2/c12-9-1-2-10(13)11(5-9)15-7-8-3-4-14-6-8/h1-6H,7H2. The summed E-state index contributed by atoms with van der Waals surface area (Å²) in [5.74, 6) is 0.659. The summed E-state index contributed by atoms with van der Waals surface area (Å²) >= 11 is 9.32. The molecule has 0 radical (unpaired) electrons. The van der Waals surface area contributed by atoms with Crippen LogP contribution < -0.4 is 4.74 Å². The fraction of sp³-hybridized carbons (Fsp3) is 0.0909. The molecule has 0 unspecified atom stereocenters. The zero-order valence-corrected chi connectivity index (χ0v) is 10.1. The molecule has 0 amide bonds. The van der Waals surface area contributed by atoms with Gasteiger partial charge in [0.2, 0.25) is 0 Å². The maximum absolute atomic E-state index is 5.97. The molecule has 0 spiro atoms. The molecule has 0 saturated heterocycles. The summed E-state index contributed by atoms with van der Waals surface area (Å²) in [4.78, 5) is 0. The molecule has 4 heteroatoms. The van der Waals surface area contributed by atoms with Crippen LogP contribution in [0.15, 0.2) is 45.7 Å². The predicted octanol–water partition coefficient (Wildman–Crippen LogP) is 4.27. The SMILES string of the molecule is Clc1ccc(Br)cc1OCc1ccoc1. The van der Waals surface area contributed by atoms with Gasteiger partial charge in [-0.1, -0.05) is 27.5 Å². The Morgan fingerprint density at radius 2 is 2.20 bits per heavy atom. The lowest BCUT2D eigenvalue weighted by atomic mass is 10.3. The third kappa shape index (κ3) is 2.76. The van der Waals surface area contributed by atoms with Crippen LogP contribution >= 0.6 is 27.5 Å². The van der Waals surface area contributed by atoms with Gasteiger partial charge >= 0.3 is 0 Å². The van der Waals surface area contributed by atoms with Gasteiger partial charge in [0, 0.05) is 10.0 Å². The lowest BCUT2D eigenvalue weighted by molar-refractivity contribution is 0.305.